The highest BCUT2D eigenvalue weighted by Crippen LogP contribution is 2.19. The number of aryl methyl sites for hydroxylation is 1. The predicted molar refractivity (Wildman–Crippen MR) is 58.7 cm³/mol. The number of nitrogens with one attached hydrogen (secondary N) is 1. The molecule has 2 rings (SSSR count). The quantitative estimate of drug-likeness (QED) is 0.722. The van der Waals surface area contributed by atoms with E-state index in [-0.39, 0.29) is 0 Å². The van der Waals surface area contributed by atoms with Gasteiger partial charge in [-0.05, 0) is 25.5 Å². The van der Waals surface area contributed by atoms with Gasteiger partial charge in [-0.1, -0.05) is 0 Å². The molecule has 0 bridgehead atoms. The predicted octanol–water partition coefficient (Wildman–Crippen LogP) is 1.19. The van der Waals surface area contributed by atoms with E-state index in [4.69, 9.17) is 0 Å². The minimum absolute atomic E-state index is 0.580. The lowest BCUT2D eigenvalue weighted by Crippen LogP contribution is -2.49. The molecule has 0 unspecified atom stereocenters. The van der Waals surface area contributed by atoms with Crippen LogP contribution in [0.25, 0.3) is 0 Å². The third-order valence-corrected chi connectivity index (χ3v) is 2.70. The highest BCUT2D eigenvalue weighted by molar-refractivity contribution is 5.52. The number of rotatable bonds is 1. The number of pyridine rings is 1. The molecule has 1 aromatic heterocycles. The summed E-state index contributed by atoms with van der Waals surface area (Å²) in [5, 5.41) is 3.44. The molecule has 0 saturated carbocycles. The van der Waals surface area contributed by atoms with E-state index < -0.39 is 0 Å². The SMILES string of the molecule is Cc1cnccc1N1CCN[C@@H](C)C1. The number of nitrogens with zero attached hydrogens (tertiary/aromatic N) is 2. The molecule has 0 spiro atoms. The second-order valence-corrected chi connectivity index (χ2v) is 3.96. The van der Waals surface area contributed by atoms with Crippen LogP contribution < -0.4 is 10.2 Å². The summed E-state index contributed by atoms with van der Waals surface area (Å²) < 4.78 is 0. The van der Waals surface area contributed by atoms with Crippen molar-refractivity contribution in [3.8, 4) is 0 Å². The Kier molecular flexibility index (Phi) is 2.68. The maximum atomic E-state index is 4.12. The van der Waals surface area contributed by atoms with Gasteiger partial charge in [0.1, 0.15) is 0 Å². The van der Waals surface area contributed by atoms with Gasteiger partial charge in [0.15, 0.2) is 0 Å². The third-order valence-electron chi connectivity index (χ3n) is 2.70. The average Bonchev–Trinajstić information content (AvgIpc) is 2.18. The van der Waals surface area contributed by atoms with Gasteiger partial charge in [0.2, 0.25) is 0 Å². The van der Waals surface area contributed by atoms with Crippen molar-refractivity contribution >= 4 is 5.69 Å². The first-order valence-corrected chi connectivity index (χ1v) is 5.16. The number of anilines is 1. The molecule has 0 aliphatic carbocycles. The molecule has 1 fully saturated rings. The molecule has 1 aromatic rings. The Morgan fingerprint density at radius 3 is 3.14 bits per heavy atom. The molecule has 1 aliphatic rings. The van der Waals surface area contributed by atoms with Crippen molar-refractivity contribution < 1.29 is 0 Å². The van der Waals surface area contributed by atoms with Gasteiger partial charge in [-0.2, -0.15) is 0 Å². The fourth-order valence-electron chi connectivity index (χ4n) is 1.97. The topological polar surface area (TPSA) is 28.2 Å². The Morgan fingerprint density at radius 2 is 2.43 bits per heavy atom. The molecule has 3 heteroatoms. The van der Waals surface area contributed by atoms with Gasteiger partial charge in [0, 0.05) is 43.8 Å². The van der Waals surface area contributed by atoms with Crippen LogP contribution >= 0.6 is 0 Å². The second-order valence-electron chi connectivity index (χ2n) is 3.96. The Bertz CT molecular complexity index is 311. The number of hydrogen-bond donors (Lipinski definition) is 1. The summed E-state index contributed by atoms with van der Waals surface area (Å²) in [6.45, 7) is 7.60. The first kappa shape index (κ1) is 9.46. The molecule has 0 radical (unpaired) electrons. The smallest absolute Gasteiger partial charge is 0.0427 e. The highest BCUT2D eigenvalue weighted by Gasteiger charge is 2.16. The largest absolute Gasteiger partial charge is 0.368 e. The van der Waals surface area contributed by atoms with Gasteiger partial charge in [-0.25, -0.2) is 0 Å². The van der Waals surface area contributed by atoms with E-state index in [0.717, 1.165) is 19.6 Å². The summed E-state index contributed by atoms with van der Waals surface area (Å²) in [6, 6.07) is 2.68. The molecule has 1 atom stereocenters. The molecule has 1 saturated heterocycles. The average molecular weight is 191 g/mol. The van der Waals surface area contributed by atoms with E-state index in [2.05, 4.69) is 35.1 Å². The van der Waals surface area contributed by atoms with Gasteiger partial charge in [0.25, 0.3) is 0 Å². The van der Waals surface area contributed by atoms with Crippen LogP contribution in [0.1, 0.15) is 12.5 Å². The number of piperazine rings is 1. The zero-order chi connectivity index (χ0) is 9.97. The summed E-state index contributed by atoms with van der Waals surface area (Å²) in [7, 11) is 0. The highest BCUT2D eigenvalue weighted by atomic mass is 15.2. The number of hydrogen-bond acceptors (Lipinski definition) is 3. The maximum absolute atomic E-state index is 4.12. The number of aromatic nitrogens is 1. The van der Waals surface area contributed by atoms with Crippen LogP contribution in [0.4, 0.5) is 5.69 Å². The molecule has 14 heavy (non-hydrogen) atoms. The molecule has 0 amide bonds. The standard InChI is InChI=1S/C11H17N3/c1-9-7-12-4-3-11(9)14-6-5-13-10(2)8-14/h3-4,7,10,13H,5-6,8H2,1-2H3/t10-/m0/s1. The van der Waals surface area contributed by atoms with E-state index in [1.165, 1.54) is 11.3 Å². The normalized spacial score (nSPS) is 22.4. The van der Waals surface area contributed by atoms with Gasteiger partial charge in [-0.3, -0.25) is 4.98 Å². The van der Waals surface area contributed by atoms with E-state index in [9.17, 15) is 0 Å². The van der Waals surface area contributed by atoms with Crippen molar-refractivity contribution in [3.05, 3.63) is 24.0 Å². The van der Waals surface area contributed by atoms with Crippen LogP contribution in [0.2, 0.25) is 0 Å². The zero-order valence-electron chi connectivity index (χ0n) is 8.83. The van der Waals surface area contributed by atoms with E-state index >= 15 is 0 Å². The summed E-state index contributed by atoms with van der Waals surface area (Å²) in [6.07, 6.45) is 3.80. The van der Waals surface area contributed by atoms with E-state index in [1.807, 2.05) is 12.4 Å². The van der Waals surface area contributed by atoms with Crippen LogP contribution in [-0.2, 0) is 0 Å². The fraction of sp³-hybridized carbons (Fsp3) is 0.545. The minimum Gasteiger partial charge on any atom is -0.368 e. The molecule has 2 heterocycles. The van der Waals surface area contributed by atoms with Crippen molar-refractivity contribution in [3.63, 3.8) is 0 Å². The summed E-state index contributed by atoms with van der Waals surface area (Å²) in [5.41, 5.74) is 2.59. The Hall–Kier alpha value is -1.09. The van der Waals surface area contributed by atoms with Gasteiger partial charge < -0.3 is 10.2 Å². The van der Waals surface area contributed by atoms with Gasteiger partial charge in [0.05, 0.1) is 0 Å². The fourth-order valence-corrected chi connectivity index (χ4v) is 1.97. The molecule has 76 valence electrons. The van der Waals surface area contributed by atoms with Crippen LogP contribution in [0.5, 0.6) is 0 Å². The van der Waals surface area contributed by atoms with Crippen molar-refractivity contribution in [1.29, 1.82) is 0 Å². The van der Waals surface area contributed by atoms with Crippen molar-refractivity contribution in [2.75, 3.05) is 24.5 Å². The maximum Gasteiger partial charge on any atom is 0.0427 e. The Labute approximate surface area is 85.1 Å². The molecule has 1 aliphatic heterocycles. The lowest BCUT2D eigenvalue weighted by atomic mass is 10.2. The first-order chi connectivity index (χ1) is 6.77. The summed E-state index contributed by atoms with van der Waals surface area (Å²) in [5.74, 6) is 0. The molecule has 3 nitrogen and oxygen atoms in total. The van der Waals surface area contributed by atoms with Crippen molar-refractivity contribution in [1.82, 2.24) is 10.3 Å². The Morgan fingerprint density at radius 1 is 1.57 bits per heavy atom. The zero-order valence-corrected chi connectivity index (χ0v) is 8.83. The van der Waals surface area contributed by atoms with Gasteiger partial charge >= 0.3 is 0 Å². The summed E-state index contributed by atoms with van der Waals surface area (Å²) >= 11 is 0. The van der Waals surface area contributed by atoms with Crippen LogP contribution in [0.15, 0.2) is 18.5 Å². The third kappa shape index (κ3) is 1.87. The molecule has 0 aromatic carbocycles. The molecule has 1 N–H and O–H groups in total. The van der Waals surface area contributed by atoms with Crippen molar-refractivity contribution in [2.24, 2.45) is 0 Å². The molecular formula is C11H17N3. The van der Waals surface area contributed by atoms with Crippen molar-refractivity contribution in [2.45, 2.75) is 19.9 Å². The lowest BCUT2D eigenvalue weighted by Gasteiger charge is -2.34. The van der Waals surface area contributed by atoms with E-state index in [1.54, 1.807) is 0 Å². The minimum atomic E-state index is 0.580. The molecular weight excluding hydrogens is 174 g/mol. The van der Waals surface area contributed by atoms with Crippen LogP contribution in [0.3, 0.4) is 0 Å². The van der Waals surface area contributed by atoms with Gasteiger partial charge in [-0.15, -0.1) is 0 Å². The monoisotopic (exact) mass is 191 g/mol. The van der Waals surface area contributed by atoms with E-state index in [0.29, 0.717) is 6.04 Å². The van der Waals surface area contributed by atoms with Crippen LogP contribution in [0, 0.1) is 6.92 Å². The van der Waals surface area contributed by atoms with Crippen LogP contribution in [-0.4, -0.2) is 30.7 Å². The first-order valence-electron chi connectivity index (χ1n) is 5.16. The second kappa shape index (κ2) is 3.96. The lowest BCUT2D eigenvalue weighted by molar-refractivity contribution is 0.484. The Balaban J connectivity index is 2.18. The summed E-state index contributed by atoms with van der Waals surface area (Å²) in [4.78, 5) is 6.55.